The number of nitrogens with zero attached hydrogens (tertiary/aromatic N) is 1. The minimum atomic E-state index is -1.70. The molecule has 2 aromatic carbocycles. The Morgan fingerprint density at radius 3 is 2.48 bits per heavy atom. The molecule has 2 amide bonds. The van der Waals surface area contributed by atoms with Crippen molar-refractivity contribution >= 4 is 29.1 Å². The van der Waals surface area contributed by atoms with Gasteiger partial charge in [-0.2, -0.15) is 4.39 Å². The Morgan fingerprint density at radius 1 is 1.28 bits per heavy atom. The van der Waals surface area contributed by atoms with Gasteiger partial charge in [-0.15, -0.1) is 0 Å². The molecular weight excluding hydrogens is 353 g/mol. The number of hydrogen-bond acceptors (Lipinski definition) is 4. The van der Waals surface area contributed by atoms with Gasteiger partial charge in [-0.05, 0) is 30.7 Å². The van der Waals surface area contributed by atoms with Gasteiger partial charge in [-0.3, -0.25) is 19.7 Å². The van der Waals surface area contributed by atoms with Gasteiger partial charge in [0.15, 0.2) is 0 Å². The van der Waals surface area contributed by atoms with Crippen molar-refractivity contribution in [3.8, 4) is 0 Å². The number of nitrogens with one attached hydrogen (secondary N) is 1. The lowest BCUT2D eigenvalue weighted by molar-refractivity contribution is -0.387. The van der Waals surface area contributed by atoms with E-state index in [4.69, 9.17) is 17.3 Å². The number of hydrogen-bond donors (Lipinski definition) is 2. The van der Waals surface area contributed by atoms with Crippen LogP contribution in [0, 0.1) is 15.9 Å². The second-order valence-corrected chi connectivity index (χ2v) is 5.79. The van der Waals surface area contributed by atoms with E-state index in [9.17, 15) is 24.1 Å². The van der Waals surface area contributed by atoms with Crippen LogP contribution in [0.5, 0.6) is 0 Å². The first-order valence-electron chi connectivity index (χ1n) is 6.98. The summed E-state index contributed by atoms with van der Waals surface area (Å²) >= 11 is 5.89. The summed E-state index contributed by atoms with van der Waals surface area (Å²) in [5, 5.41) is 13.4. The Morgan fingerprint density at radius 2 is 1.92 bits per heavy atom. The van der Waals surface area contributed by atoms with Gasteiger partial charge in [-0.1, -0.05) is 29.8 Å². The Labute approximate surface area is 146 Å². The molecule has 7 nitrogen and oxygen atoms in total. The molecule has 0 bridgehead atoms. The number of carbonyl (C=O) groups excluding carboxylic acids is 2. The number of nitro groups is 1. The molecular formula is C16H13ClFN3O4. The third-order valence-corrected chi connectivity index (χ3v) is 3.91. The average Bonchev–Trinajstić information content (AvgIpc) is 2.54. The number of rotatable bonds is 5. The summed E-state index contributed by atoms with van der Waals surface area (Å²) < 4.78 is 14.2. The van der Waals surface area contributed by atoms with Crippen molar-refractivity contribution in [3.63, 3.8) is 0 Å². The van der Waals surface area contributed by atoms with Crippen LogP contribution in [0.4, 0.5) is 10.1 Å². The van der Waals surface area contributed by atoms with E-state index in [1.54, 1.807) is 12.1 Å². The maximum Gasteiger partial charge on any atom is 0.305 e. The Kier molecular flexibility index (Phi) is 5.03. The monoisotopic (exact) mass is 365 g/mol. The summed E-state index contributed by atoms with van der Waals surface area (Å²) in [5.41, 5.74) is 2.55. The molecule has 0 aliphatic rings. The number of primary amides is 1. The highest BCUT2D eigenvalue weighted by atomic mass is 35.5. The van der Waals surface area contributed by atoms with E-state index < -0.39 is 39.3 Å². The number of amides is 2. The van der Waals surface area contributed by atoms with Crippen molar-refractivity contribution in [1.82, 2.24) is 5.32 Å². The van der Waals surface area contributed by atoms with Crippen LogP contribution in [0.15, 0.2) is 42.5 Å². The summed E-state index contributed by atoms with van der Waals surface area (Å²) in [5.74, 6) is -3.24. The minimum absolute atomic E-state index is 0.284. The highest BCUT2D eigenvalue weighted by Gasteiger charge is 2.36. The van der Waals surface area contributed by atoms with E-state index in [2.05, 4.69) is 5.32 Å². The molecule has 0 saturated carbocycles. The first-order chi connectivity index (χ1) is 11.7. The van der Waals surface area contributed by atoms with E-state index in [1.165, 1.54) is 19.1 Å². The van der Waals surface area contributed by atoms with Gasteiger partial charge < -0.3 is 11.1 Å². The SMILES string of the molecule is CC(NC(=O)c1cccc([N+](=O)[O-])c1F)(C(N)=O)c1cccc(Cl)c1. The van der Waals surface area contributed by atoms with E-state index in [-0.39, 0.29) is 5.56 Å². The van der Waals surface area contributed by atoms with E-state index in [1.807, 2.05) is 0 Å². The number of carbonyl (C=O) groups is 2. The molecule has 0 aliphatic heterocycles. The molecule has 1 atom stereocenters. The smallest absolute Gasteiger partial charge is 0.305 e. The normalized spacial score (nSPS) is 12.9. The lowest BCUT2D eigenvalue weighted by Gasteiger charge is -2.28. The van der Waals surface area contributed by atoms with Crippen LogP contribution < -0.4 is 11.1 Å². The van der Waals surface area contributed by atoms with Crippen LogP contribution in [0.2, 0.25) is 5.02 Å². The first-order valence-corrected chi connectivity index (χ1v) is 7.36. The van der Waals surface area contributed by atoms with Crippen molar-refractivity contribution in [3.05, 3.63) is 74.5 Å². The third kappa shape index (κ3) is 3.58. The lowest BCUT2D eigenvalue weighted by atomic mass is 9.90. The molecule has 3 N–H and O–H groups in total. The van der Waals surface area contributed by atoms with Crippen LogP contribution in [-0.4, -0.2) is 16.7 Å². The van der Waals surface area contributed by atoms with Gasteiger partial charge in [-0.25, -0.2) is 0 Å². The second kappa shape index (κ2) is 6.86. The molecule has 0 aromatic heterocycles. The Balaban J connectivity index is 2.45. The Hall–Kier alpha value is -3.00. The van der Waals surface area contributed by atoms with Crippen LogP contribution in [0.3, 0.4) is 0 Å². The number of halogens is 2. The fourth-order valence-electron chi connectivity index (χ4n) is 2.21. The van der Waals surface area contributed by atoms with Crippen LogP contribution in [-0.2, 0) is 10.3 Å². The predicted octanol–water partition coefficient (Wildman–Crippen LogP) is 2.52. The molecule has 0 radical (unpaired) electrons. The zero-order valence-corrected chi connectivity index (χ0v) is 13.7. The maximum atomic E-state index is 14.2. The summed E-state index contributed by atoms with van der Waals surface area (Å²) in [7, 11) is 0. The third-order valence-electron chi connectivity index (χ3n) is 3.68. The van der Waals surface area contributed by atoms with Crippen molar-refractivity contribution in [1.29, 1.82) is 0 Å². The molecule has 9 heteroatoms. The molecule has 2 aromatic rings. The van der Waals surface area contributed by atoms with Gasteiger partial charge in [0.25, 0.3) is 5.91 Å². The van der Waals surface area contributed by atoms with Gasteiger partial charge in [0.05, 0.1) is 10.5 Å². The molecule has 1 unspecified atom stereocenters. The zero-order chi connectivity index (χ0) is 18.8. The molecule has 0 heterocycles. The highest BCUT2D eigenvalue weighted by molar-refractivity contribution is 6.30. The largest absolute Gasteiger partial charge is 0.367 e. The fraction of sp³-hybridized carbons (Fsp3) is 0.125. The number of nitro benzene ring substituents is 1. The molecule has 0 spiro atoms. The quantitative estimate of drug-likeness (QED) is 0.625. The molecule has 2 rings (SSSR count). The minimum Gasteiger partial charge on any atom is -0.367 e. The van der Waals surface area contributed by atoms with Gasteiger partial charge in [0.2, 0.25) is 11.7 Å². The highest BCUT2D eigenvalue weighted by Crippen LogP contribution is 2.26. The Bertz CT molecular complexity index is 874. The predicted molar refractivity (Wildman–Crippen MR) is 88.5 cm³/mol. The summed E-state index contributed by atoms with van der Waals surface area (Å²) in [4.78, 5) is 34.2. The zero-order valence-electron chi connectivity index (χ0n) is 13.0. The average molecular weight is 366 g/mol. The van der Waals surface area contributed by atoms with Gasteiger partial charge >= 0.3 is 5.69 Å². The van der Waals surface area contributed by atoms with Crippen molar-refractivity contribution in [2.24, 2.45) is 5.73 Å². The molecule has 0 saturated heterocycles. The van der Waals surface area contributed by atoms with Crippen LogP contribution >= 0.6 is 11.6 Å². The number of benzene rings is 2. The topological polar surface area (TPSA) is 115 Å². The van der Waals surface area contributed by atoms with Crippen molar-refractivity contribution in [2.75, 3.05) is 0 Å². The van der Waals surface area contributed by atoms with Crippen molar-refractivity contribution < 1.29 is 18.9 Å². The molecule has 0 aliphatic carbocycles. The van der Waals surface area contributed by atoms with Crippen LogP contribution in [0.1, 0.15) is 22.8 Å². The summed E-state index contributed by atoms with van der Waals surface area (Å²) in [6.07, 6.45) is 0. The van der Waals surface area contributed by atoms with E-state index in [0.717, 1.165) is 18.2 Å². The summed E-state index contributed by atoms with van der Waals surface area (Å²) in [6.45, 7) is 1.33. The van der Waals surface area contributed by atoms with Crippen molar-refractivity contribution in [2.45, 2.75) is 12.5 Å². The molecule has 0 fully saturated rings. The van der Waals surface area contributed by atoms with Gasteiger partial charge in [0, 0.05) is 11.1 Å². The number of nitrogens with two attached hydrogens (primary N) is 1. The molecule has 130 valence electrons. The maximum absolute atomic E-state index is 14.2. The first kappa shape index (κ1) is 18.3. The lowest BCUT2D eigenvalue weighted by Crippen LogP contribution is -2.52. The summed E-state index contributed by atoms with van der Waals surface area (Å²) in [6, 6.07) is 9.22. The molecule has 25 heavy (non-hydrogen) atoms. The van der Waals surface area contributed by atoms with Crippen LogP contribution in [0.25, 0.3) is 0 Å². The van der Waals surface area contributed by atoms with E-state index >= 15 is 0 Å². The fourth-order valence-corrected chi connectivity index (χ4v) is 2.40. The second-order valence-electron chi connectivity index (χ2n) is 5.35. The van der Waals surface area contributed by atoms with Gasteiger partial charge in [0.1, 0.15) is 5.54 Å². The van der Waals surface area contributed by atoms with E-state index in [0.29, 0.717) is 5.02 Å². The standard InChI is InChI=1S/C16H13ClFN3O4/c1-16(15(19)23,9-4-2-5-10(17)8-9)20-14(22)11-6-3-7-12(13(11)18)21(24)25/h2-8H,1H3,(H2,19,23)(H,20,22).